The summed E-state index contributed by atoms with van der Waals surface area (Å²) in [7, 11) is 1.87. The lowest BCUT2D eigenvalue weighted by Gasteiger charge is -2.35. The van der Waals surface area contributed by atoms with Crippen LogP contribution in [0.2, 0.25) is 0 Å². The topological polar surface area (TPSA) is 57.6 Å². The van der Waals surface area contributed by atoms with Crippen LogP contribution in [0.5, 0.6) is 0 Å². The lowest BCUT2D eigenvalue weighted by molar-refractivity contribution is -0.156. The summed E-state index contributed by atoms with van der Waals surface area (Å²) >= 11 is 0. The van der Waals surface area contributed by atoms with Gasteiger partial charge in [-0.15, -0.1) is 0 Å². The Kier molecular flexibility index (Phi) is 5.65. The van der Waals surface area contributed by atoms with Gasteiger partial charge in [0.1, 0.15) is 0 Å². The van der Waals surface area contributed by atoms with Crippen molar-refractivity contribution in [1.29, 1.82) is 0 Å². The molecule has 2 aliphatic carbocycles. The number of rotatable bonds is 4. The summed E-state index contributed by atoms with van der Waals surface area (Å²) in [6.07, 6.45) is 11.5. The molecule has 1 amide bonds. The van der Waals surface area contributed by atoms with E-state index in [1.54, 1.807) is 0 Å². The third-order valence-electron chi connectivity index (χ3n) is 5.52. The van der Waals surface area contributed by atoms with Crippen LogP contribution in [0, 0.1) is 5.41 Å². The predicted octanol–water partition coefficient (Wildman–Crippen LogP) is 3.59. The first kappa shape index (κ1) is 16.3. The number of aliphatic carboxylic acids is 1. The molecule has 0 aromatic rings. The Bertz CT molecular complexity index is 366. The van der Waals surface area contributed by atoms with Gasteiger partial charge in [0.05, 0.1) is 5.41 Å². The second kappa shape index (κ2) is 7.28. The minimum atomic E-state index is -0.797. The molecule has 2 rings (SSSR count). The van der Waals surface area contributed by atoms with Crippen LogP contribution in [-0.4, -0.2) is 35.0 Å². The van der Waals surface area contributed by atoms with E-state index in [0.29, 0.717) is 18.9 Å². The van der Waals surface area contributed by atoms with Crippen LogP contribution < -0.4 is 0 Å². The van der Waals surface area contributed by atoms with Crippen molar-refractivity contribution in [2.45, 2.75) is 83.1 Å². The van der Waals surface area contributed by atoms with E-state index in [2.05, 4.69) is 0 Å². The van der Waals surface area contributed by atoms with Gasteiger partial charge in [-0.3, -0.25) is 9.59 Å². The maximum Gasteiger partial charge on any atom is 0.310 e. The van der Waals surface area contributed by atoms with E-state index in [1.807, 2.05) is 11.9 Å². The fourth-order valence-electron chi connectivity index (χ4n) is 3.96. The summed E-state index contributed by atoms with van der Waals surface area (Å²) in [6.45, 7) is 0. The van der Waals surface area contributed by atoms with Crippen molar-refractivity contribution >= 4 is 11.9 Å². The van der Waals surface area contributed by atoms with Crippen LogP contribution >= 0.6 is 0 Å². The molecule has 0 radical (unpaired) electrons. The monoisotopic (exact) mass is 295 g/mol. The third kappa shape index (κ3) is 3.98. The van der Waals surface area contributed by atoms with Gasteiger partial charge in [0.15, 0.2) is 0 Å². The maximum atomic E-state index is 12.6. The average Bonchev–Trinajstić information content (AvgIpc) is 2.76. The SMILES string of the molecule is CN(C(=O)CC1(C(=O)O)CCCCC1)C1CCCCCC1. The highest BCUT2D eigenvalue weighted by molar-refractivity contribution is 5.85. The van der Waals surface area contributed by atoms with E-state index < -0.39 is 11.4 Å². The highest BCUT2D eigenvalue weighted by atomic mass is 16.4. The molecule has 0 saturated heterocycles. The normalized spacial score (nSPS) is 23.3. The van der Waals surface area contributed by atoms with E-state index in [-0.39, 0.29) is 12.3 Å². The Morgan fingerprint density at radius 2 is 1.52 bits per heavy atom. The van der Waals surface area contributed by atoms with E-state index in [0.717, 1.165) is 32.1 Å². The molecule has 0 atom stereocenters. The van der Waals surface area contributed by atoms with Crippen molar-refractivity contribution in [2.75, 3.05) is 7.05 Å². The first-order chi connectivity index (χ1) is 10.1. The van der Waals surface area contributed by atoms with Crippen molar-refractivity contribution in [3.8, 4) is 0 Å². The molecule has 2 aliphatic rings. The summed E-state index contributed by atoms with van der Waals surface area (Å²) < 4.78 is 0. The van der Waals surface area contributed by atoms with E-state index in [4.69, 9.17) is 0 Å². The zero-order valence-corrected chi connectivity index (χ0v) is 13.3. The molecule has 0 unspecified atom stereocenters. The smallest absolute Gasteiger partial charge is 0.310 e. The molecular weight excluding hydrogens is 266 g/mol. The molecule has 0 heterocycles. The number of carboxylic acid groups (broad SMARTS) is 1. The molecule has 0 bridgehead atoms. The van der Waals surface area contributed by atoms with E-state index >= 15 is 0 Å². The van der Waals surface area contributed by atoms with E-state index in [9.17, 15) is 14.7 Å². The summed E-state index contributed by atoms with van der Waals surface area (Å²) in [6, 6.07) is 0.314. The van der Waals surface area contributed by atoms with E-state index in [1.165, 1.54) is 25.7 Å². The molecule has 2 saturated carbocycles. The van der Waals surface area contributed by atoms with Crippen molar-refractivity contribution in [3.05, 3.63) is 0 Å². The minimum absolute atomic E-state index is 0.0335. The number of carboxylic acids is 1. The van der Waals surface area contributed by atoms with Crippen molar-refractivity contribution < 1.29 is 14.7 Å². The van der Waals surface area contributed by atoms with Crippen molar-refractivity contribution in [3.63, 3.8) is 0 Å². The van der Waals surface area contributed by atoms with Gasteiger partial charge in [-0.05, 0) is 25.7 Å². The van der Waals surface area contributed by atoms with Gasteiger partial charge < -0.3 is 10.0 Å². The molecule has 4 heteroatoms. The molecule has 4 nitrogen and oxygen atoms in total. The summed E-state index contributed by atoms with van der Waals surface area (Å²) in [4.78, 5) is 26.1. The van der Waals surface area contributed by atoms with Crippen LogP contribution in [0.1, 0.15) is 77.0 Å². The molecule has 0 aromatic carbocycles. The Hall–Kier alpha value is -1.06. The van der Waals surface area contributed by atoms with Crippen molar-refractivity contribution in [2.24, 2.45) is 5.41 Å². The van der Waals surface area contributed by atoms with Gasteiger partial charge in [-0.2, -0.15) is 0 Å². The Labute approximate surface area is 127 Å². The number of carbonyl (C=O) groups excluding carboxylic acids is 1. The lowest BCUT2D eigenvalue weighted by atomic mass is 9.71. The van der Waals surface area contributed by atoms with Gasteiger partial charge in [0.2, 0.25) is 5.91 Å². The van der Waals surface area contributed by atoms with Crippen LogP contribution in [0.4, 0.5) is 0 Å². The Morgan fingerprint density at radius 3 is 2.05 bits per heavy atom. The summed E-state index contributed by atoms with van der Waals surface area (Å²) in [5.74, 6) is -0.740. The van der Waals surface area contributed by atoms with Gasteiger partial charge >= 0.3 is 5.97 Å². The molecule has 0 aromatic heterocycles. The highest BCUT2D eigenvalue weighted by Gasteiger charge is 2.42. The molecule has 120 valence electrons. The standard InChI is InChI=1S/C17H29NO3/c1-18(14-9-5-2-3-6-10-14)15(19)13-17(16(20)21)11-7-4-8-12-17/h14H,2-13H2,1H3,(H,20,21). The number of hydrogen-bond donors (Lipinski definition) is 1. The second-order valence-electron chi connectivity index (χ2n) is 6.97. The Balaban J connectivity index is 1.99. The lowest BCUT2D eigenvalue weighted by Crippen LogP contribution is -2.43. The highest BCUT2D eigenvalue weighted by Crippen LogP contribution is 2.40. The molecular formula is C17H29NO3. The van der Waals surface area contributed by atoms with Gasteiger partial charge in [0, 0.05) is 19.5 Å². The summed E-state index contributed by atoms with van der Waals surface area (Å²) in [5, 5.41) is 9.60. The first-order valence-corrected chi connectivity index (χ1v) is 8.54. The molecule has 0 aliphatic heterocycles. The first-order valence-electron chi connectivity index (χ1n) is 8.54. The summed E-state index contributed by atoms with van der Waals surface area (Å²) in [5.41, 5.74) is -0.797. The maximum absolute atomic E-state index is 12.6. The molecule has 2 fully saturated rings. The predicted molar refractivity (Wildman–Crippen MR) is 82.0 cm³/mol. The minimum Gasteiger partial charge on any atom is -0.481 e. The average molecular weight is 295 g/mol. The van der Waals surface area contributed by atoms with Gasteiger partial charge in [0.25, 0.3) is 0 Å². The molecule has 21 heavy (non-hydrogen) atoms. The van der Waals surface area contributed by atoms with Crippen LogP contribution in [-0.2, 0) is 9.59 Å². The number of hydrogen-bond acceptors (Lipinski definition) is 2. The van der Waals surface area contributed by atoms with Crippen molar-refractivity contribution in [1.82, 2.24) is 4.90 Å². The van der Waals surface area contributed by atoms with Gasteiger partial charge in [-0.1, -0.05) is 44.9 Å². The van der Waals surface area contributed by atoms with Crippen LogP contribution in [0.25, 0.3) is 0 Å². The fraction of sp³-hybridized carbons (Fsp3) is 0.882. The number of amides is 1. The Morgan fingerprint density at radius 1 is 1.00 bits per heavy atom. The van der Waals surface area contributed by atoms with Gasteiger partial charge in [-0.25, -0.2) is 0 Å². The largest absolute Gasteiger partial charge is 0.481 e. The third-order valence-corrected chi connectivity index (χ3v) is 5.52. The molecule has 1 N–H and O–H groups in total. The number of carbonyl (C=O) groups is 2. The quantitative estimate of drug-likeness (QED) is 0.806. The number of nitrogens with zero attached hydrogens (tertiary/aromatic N) is 1. The zero-order valence-electron chi connectivity index (χ0n) is 13.3. The van der Waals surface area contributed by atoms with Crippen LogP contribution in [0.3, 0.4) is 0 Å². The zero-order chi connectivity index (χ0) is 15.3. The molecule has 0 spiro atoms. The fourth-order valence-corrected chi connectivity index (χ4v) is 3.96. The second-order valence-corrected chi connectivity index (χ2v) is 6.97. The van der Waals surface area contributed by atoms with Crippen LogP contribution in [0.15, 0.2) is 0 Å².